The van der Waals surface area contributed by atoms with Crippen molar-refractivity contribution in [3.63, 3.8) is 0 Å². The van der Waals surface area contributed by atoms with Gasteiger partial charge in [0.25, 0.3) is 5.91 Å². The van der Waals surface area contributed by atoms with Crippen LogP contribution in [0.15, 0.2) is 24.4 Å². The zero-order valence-corrected chi connectivity index (χ0v) is 15.2. The average Bonchev–Trinajstić information content (AvgIpc) is 2.91. The summed E-state index contributed by atoms with van der Waals surface area (Å²) in [6.07, 6.45) is 2.47. The molecule has 3 heterocycles. The van der Waals surface area contributed by atoms with Crippen LogP contribution in [0, 0.1) is 0 Å². The number of ether oxygens (including phenoxy) is 1. The highest BCUT2D eigenvalue weighted by Crippen LogP contribution is 2.31. The first-order valence-electron chi connectivity index (χ1n) is 8.59. The van der Waals surface area contributed by atoms with Gasteiger partial charge in [0.05, 0.1) is 17.9 Å². The monoisotopic (exact) mass is 343 g/mol. The Labute approximate surface area is 148 Å². The van der Waals surface area contributed by atoms with E-state index >= 15 is 0 Å². The summed E-state index contributed by atoms with van der Waals surface area (Å²) in [4.78, 5) is 18.9. The molecule has 0 spiro atoms. The molecule has 0 saturated carbocycles. The van der Waals surface area contributed by atoms with Crippen molar-refractivity contribution in [1.82, 2.24) is 19.7 Å². The number of pyridine rings is 1. The lowest BCUT2D eigenvalue weighted by Crippen LogP contribution is -2.34. The van der Waals surface area contributed by atoms with Crippen molar-refractivity contribution < 1.29 is 9.53 Å². The van der Waals surface area contributed by atoms with Crippen molar-refractivity contribution in [2.45, 2.75) is 32.5 Å². The van der Waals surface area contributed by atoms with Crippen LogP contribution in [0.25, 0.3) is 0 Å². The Morgan fingerprint density at radius 2 is 2.24 bits per heavy atom. The van der Waals surface area contributed by atoms with Crippen LogP contribution in [-0.2, 0) is 18.2 Å². The lowest BCUT2D eigenvalue weighted by Gasteiger charge is -2.25. The maximum absolute atomic E-state index is 12.9. The van der Waals surface area contributed by atoms with Crippen LogP contribution in [-0.4, -0.2) is 51.8 Å². The number of anilines is 1. The quantitative estimate of drug-likeness (QED) is 0.899. The molecule has 1 aliphatic heterocycles. The molecular weight excluding hydrogens is 318 g/mol. The summed E-state index contributed by atoms with van der Waals surface area (Å²) in [5.41, 5.74) is 2.56. The molecule has 7 nitrogen and oxygen atoms in total. The van der Waals surface area contributed by atoms with Crippen molar-refractivity contribution in [2.24, 2.45) is 7.05 Å². The first-order chi connectivity index (χ1) is 12.0. The minimum atomic E-state index is -0.0809. The summed E-state index contributed by atoms with van der Waals surface area (Å²) in [5, 5.41) is 7.74. The third-order valence-electron chi connectivity index (χ3n) is 4.46. The van der Waals surface area contributed by atoms with Crippen molar-refractivity contribution in [3.8, 4) is 0 Å². The Bertz CT molecular complexity index is 743. The van der Waals surface area contributed by atoms with E-state index in [1.807, 2.05) is 46.1 Å². The molecule has 0 unspecified atom stereocenters. The van der Waals surface area contributed by atoms with Crippen LogP contribution in [0.2, 0.25) is 0 Å². The average molecular weight is 343 g/mol. The predicted molar refractivity (Wildman–Crippen MR) is 95.6 cm³/mol. The van der Waals surface area contributed by atoms with Gasteiger partial charge in [-0.25, -0.2) is 4.98 Å². The van der Waals surface area contributed by atoms with Crippen LogP contribution < -0.4 is 5.32 Å². The van der Waals surface area contributed by atoms with E-state index in [9.17, 15) is 4.79 Å². The van der Waals surface area contributed by atoms with Gasteiger partial charge in [-0.15, -0.1) is 0 Å². The highest BCUT2D eigenvalue weighted by atomic mass is 16.5. The van der Waals surface area contributed by atoms with E-state index < -0.39 is 0 Å². The van der Waals surface area contributed by atoms with Crippen LogP contribution in [0.4, 0.5) is 5.82 Å². The Morgan fingerprint density at radius 1 is 1.44 bits per heavy atom. The molecule has 0 aromatic carbocycles. The van der Waals surface area contributed by atoms with E-state index in [0.29, 0.717) is 25.2 Å². The minimum absolute atomic E-state index is 0.0135. The molecule has 0 bridgehead atoms. The molecule has 2 atom stereocenters. The second kappa shape index (κ2) is 7.23. The summed E-state index contributed by atoms with van der Waals surface area (Å²) in [6, 6.07) is 5.71. The number of aromatic nitrogens is 3. The Morgan fingerprint density at radius 3 is 2.96 bits per heavy atom. The van der Waals surface area contributed by atoms with E-state index in [-0.39, 0.29) is 18.1 Å². The molecule has 2 aromatic heterocycles. The molecule has 1 amide bonds. The standard InChI is InChI=1S/C18H25N5O2/c1-12-11-14-16(13(2)25-12)21-23(4)17(14)18(24)22(3)10-9-20-15-7-5-6-8-19-15/h5-8,12-13H,9-11H2,1-4H3,(H,19,20)/t12-,13+/m1/s1. The Kier molecular flexibility index (Phi) is 5.03. The number of aryl methyl sites for hydroxylation is 1. The summed E-state index contributed by atoms with van der Waals surface area (Å²) in [6.45, 7) is 5.23. The molecule has 3 rings (SSSR count). The highest BCUT2D eigenvalue weighted by molar-refractivity contribution is 5.94. The van der Waals surface area contributed by atoms with E-state index in [1.54, 1.807) is 15.8 Å². The first kappa shape index (κ1) is 17.4. The lowest BCUT2D eigenvalue weighted by molar-refractivity contribution is -0.00713. The van der Waals surface area contributed by atoms with Crippen molar-refractivity contribution >= 4 is 11.7 Å². The van der Waals surface area contributed by atoms with Crippen LogP contribution in [0.1, 0.15) is 41.7 Å². The van der Waals surface area contributed by atoms with E-state index in [4.69, 9.17) is 4.74 Å². The van der Waals surface area contributed by atoms with Crippen molar-refractivity contribution in [1.29, 1.82) is 0 Å². The molecule has 0 fully saturated rings. The molecule has 1 N–H and O–H groups in total. The molecule has 0 radical (unpaired) electrons. The molecule has 2 aromatic rings. The Balaban J connectivity index is 1.68. The maximum Gasteiger partial charge on any atom is 0.272 e. The number of hydrogen-bond acceptors (Lipinski definition) is 5. The second-order valence-corrected chi connectivity index (χ2v) is 6.50. The number of nitrogens with zero attached hydrogens (tertiary/aromatic N) is 4. The fourth-order valence-corrected chi connectivity index (χ4v) is 3.23. The zero-order valence-electron chi connectivity index (χ0n) is 15.2. The number of fused-ring (bicyclic) bond motifs is 1. The summed E-state index contributed by atoms with van der Waals surface area (Å²) in [5.74, 6) is 0.793. The van der Waals surface area contributed by atoms with Gasteiger partial charge in [0, 0.05) is 45.4 Å². The van der Waals surface area contributed by atoms with Crippen LogP contribution in [0.3, 0.4) is 0 Å². The summed E-state index contributed by atoms with van der Waals surface area (Å²) < 4.78 is 7.51. The molecule has 1 aliphatic rings. The molecule has 0 saturated heterocycles. The van der Waals surface area contributed by atoms with Crippen molar-refractivity contribution in [3.05, 3.63) is 41.3 Å². The van der Waals surface area contributed by atoms with Crippen molar-refractivity contribution in [2.75, 3.05) is 25.5 Å². The van der Waals surface area contributed by atoms with Gasteiger partial charge in [0.2, 0.25) is 0 Å². The number of amides is 1. The third-order valence-corrected chi connectivity index (χ3v) is 4.46. The number of nitrogens with one attached hydrogen (secondary N) is 1. The normalized spacial score (nSPS) is 19.4. The molecule has 134 valence electrons. The number of carbonyl (C=O) groups is 1. The molecule has 7 heteroatoms. The highest BCUT2D eigenvalue weighted by Gasteiger charge is 2.32. The molecule has 0 aliphatic carbocycles. The van der Waals surface area contributed by atoms with Gasteiger partial charge in [-0.1, -0.05) is 6.07 Å². The van der Waals surface area contributed by atoms with Gasteiger partial charge in [-0.2, -0.15) is 5.10 Å². The van der Waals surface area contributed by atoms with Gasteiger partial charge in [-0.3, -0.25) is 9.48 Å². The van der Waals surface area contributed by atoms with Crippen LogP contribution in [0.5, 0.6) is 0 Å². The smallest absolute Gasteiger partial charge is 0.272 e. The minimum Gasteiger partial charge on any atom is -0.369 e. The van der Waals surface area contributed by atoms with Gasteiger partial charge in [0.15, 0.2) is 0 Å². The van der Waals surface area contributed by atoms with Gasteiger partial charge in [0.1, 0.15) is 11.5 Å². The largest absolute Gasteiger partial charge is 0.369 e. The van der Waals surface area contributed by atoms with E-state index in [2.05, 4.69) is 15.4 Å². The molecule has 25 heavy (non-hydrogen) atoms. The fraction of sp³-hybridized carbons (Fsp3) is 0.500. The summed E-state index contributed by atoms with van der Waals surface area (Å²) in [7, 11) is 3.64. The first-order valence-corrected chi connectivity index (χ1v) is 8.59. The van der Waals surface area contributed by atoms with Crippen LogP contribution >= 0.6 is 0 Å². The summed E-state index contributed by atoms with van der Waals surface area (Å²) >= 11 is 0. The number of carbonyl (C=O) groups excluding carboxylic acids is 1. The second-order valence-electron chi connectivity index (χ2n) is 6.50. The topological polar surface area (TPSA) is 72.3 Å². The predicted octanol–water partition coefficient (Wildman–Crippen LogP) is 2.02. The molecular formula is C18H25N5O2. The fourth-order valence-electron chi connectivity index (χ4n) is 3.23. The maximum atomic E-state index is 12.9. The number of hydrogen-bond donors (Lipinski definition) is 1. The SMILES string of the molecule is C[C@@H]1Cc2c(nn(C)c2C(=O)N(C)CCNc2ccccn2)[C@H](C)O1. The number of rotatable bonds is 5. The third kappa shape index (κ3) is 3.66. The van der Waals surface area contributed by atoms with Gasteiger partial charge < -0.3 is 15.0 Å². The van der Waals surface area contributed by atoms with Gasteiger partial charge >= 0.3 is 0 Å². The lowest BCUT2D eigenvalue weighted by atomic mass is 9.99. The van der Waals surface area contributed by atoms with Gasteiger partial charge in [-0.05, 0) is 26.0 Å². The number of likely N-dealkylation sites (N-methyl/N-ethyl adjacent to an activating group) is 1. The zero-order chi connectivity index (χ0) is 18.0. The van der Waals surface area contributed by atoms with E-state index in [1.165, 1.54) is 0 Å². The van der Waals surface area contributed by atoms with E-state index in [0.717, 1.165) is 17.1 Å². The Hall–Kier alpha value is -2.41.